The van der Waals surface area contributed by atoms with E-state index in [2.05, 4.69) is 45.3 Å². The Morgan fingerprint density at radius 2 is 1.75 bits per heavy atom. The second kappa shape index (κ2) is 3.71. The zero-order valence-electron chi connectivity index (χ0n) is 11.6. The van der Waals surface area contributed by atoms with Crippen LogP contribution >= 0.6 is 0 Å². The number of hydrogen-bond acceptors (Lipinski definition) is 2. The summed E-state index contributed by atoms with van der Waals surface area (Å²) in [5, 5.41) is 7.16. The smallest absolute Gasteiger partial charge is 0.00179 e. The van der Waals surface area contributed by atoms with Crippen molar-refractivity contribution >= 4 is 0 Å². The van der Waals surface area contributed by atoms with Gasteiger partial charge in [0.2, 0.25) is 0 Å². The summed E-state index contributed by atoms with van der Waals surface area (Å²) < 4.78 is 0. The predicted octanol–water partition coefficient (Wildman–Crippen LogP) is 2.26. The maximum absolute atomic E-state index is 3.70. The molecule has 1 aliphatic heterocycles. The van der Waals surface area contributed by atoms with Gasteiger partial charge in [-0.2, -0.15) is 0 Å². The van der Waals surface area contributed by atoms with Crippen molar-refractivity contribution in [3.8, 4) is 0 Å². The standard InChI is InChI=1S/C14H28N2/c1-12(2)11(13(12,3)4)8-16-10-14(5)6-7-15-9-14/h11,15-16H,6-10H2,1-5H3. The minimum absolute atomic E-state index is 0.489. The Balaban J connectivity index is 1.74. The van der Waals surface area contributed by atoms with Crippen molar-refractivity contribution in [3.05, 3.63) is 0 Å². The second-order valence-electron chi connectivity index (χ2n) is 7.36. The molecular weight excluding hydrogens is 196 g/mol. The van der Waals surface area contributed by atoms with E-state index in [1.54, 1.807) is 0 Å². The first-order valence-electron chi connectivity index (χ1n) is 6.71. The Morgan fingerprint density at radius 3 is 2.19 bits per heavy atom. The molecule has 2 nitrogen and oxygen atoms in total. The summed E-state index contributed by atoms with van der Waals surface area (Å²) >= 11 is 0. The van der Waals surface area contributed by atoms with E-state index in [1.165, 1.54) is 32.6 Å². The lowest BCUT2D eigenvalue weighted by Gasteiger charge is -2.23. The van der Waals surface area contributed by atoms with E-state index < -0.39 is 0 Å². The highest BCUT2D eigenvalue weighted by atomic mass is 15.0. The van der Waals surface area contributed by atoms with Crippen LogP contribution in [0.15, 0.2) is 0 Å². The maximum Gasteiger partial charge on any atom is 0.00179 e. The van der Waals surface area contributed by atoms with E-state index >= 15 is 0 Å². The predicted molar refractivity (Wildman–Crippen MR) is 69.5 cm³/mol. The molecule has 0 aromatic heterocycles. The van der Waals surface area contributed by atoms with Gasteiger partial charge in [0, 0.05) is 13.1 Å². The molecule has 1 heterocycles. The second-order valence-corrected chi connectivity index (χ2v) is 7.36. The van der Waals surface area contributed by atoms with Crippen molar-refractivity contribution < 1.29 is 0 Å². The molecule has 1 atom stereocenters. The average Bonchev–Trinajstić information content (AvgIpc) is 2.56. The van der Waals surface area contributed by atoms with Gasteiger partial charge >= 0.3 is 0 Å². The molecule has 2 fully saturated rings. The van der Waals surface area contributed by atoms with Gasteiger partial charge < -0.3 is 10.6 Å². The molecular formula is C14H28N2. The van der Waals surface area contributed by atoms with Crippen LogP contribution in [0.25, 0.3) is 0 Å². The molecule has 1 unspecified atom stereocenters. The third-order valence-electron chi connectivity index (χ3n) is 5.68. The van der Waals surface area contributed by atoms with Crippen molar-refractivity contribution in [2.75, 3.05) is 26.2 Å². The fourth-order valence-electron chi connectivity index (χ4n) is 3.38. The molecule has 0 aromatic carbocycles. The highest BCUT2D eigenvalue weighted by Crippen LogP contribution is 2.67. The zero-order chi connectivity index (χ0) is 12.0. The van der Waals surface area contributed by atoms with Crippen LogP contribution in [0, 0.1) is 22.2 Å². The van der Waals surface area contributed by atoms with Gasteiger partial charge in [-0.15, -0.1) is 0 Å². The molecule has 0 aromatic rings. The first-order valence-corrected chi connectivity index (χ1v) is 6.71. The van der Waals surface area contributed by atoms with Crippen LogP contribution < -0.4 is 10.6 Å². The van der Waals surface area contributed by atoms with Crippen LogP contribution in [0.5, 0.6) is 0 Å². The van der Waals surface area contributed by atoms with Crippen LogP contribution in [-0.4, -0.2) is 26.2 Å². The van der Waals surface area contributed by atoms with E-state index in [1.807, 2.05) is 0 Å². The van der Waals surface area contributed by atoms with E-state index in [-0.39, 0.29) is 0 Å². The molecule has 94 valence electrons. The summed E-state index contributed by atoms with van der Waals surface area (Å²) in [6.45, 7) is 16.7. The Labute approximate surface area is 101 Å². The van der Waals surface area contributed by atoms with Gasteiger partial charge in [-0.1, -0.05) is 34.6 Å². The SMILES string of the molecule is CC1(CNCC2C(C)(C)C2(C)C)CCNC1. The van der Waals surface area contributed by atoms with Crippen molar-refractivity contribution in [2.24, 2.45) is 22.2 Å². The number of nitrogens with one attached hydrogen (secondary N) is 2. The Morgan fingerprint density at radius 1 is 1.12 bits per heavy atom. The van der Waals surface area contributed by atoms with Gasteiger partial charge in [0.25, 0.3) is 0 Å². The Kier molecular flexibility index (Phi) is 2.87. The fourth-order valence-corrected chi connectivity index (χ4v) is 3.38. The lowest BCUT2D eigenvalue weighted by atomic mass is 9.90. The van der Waals surface area contributed by atoms with E-state index in [0.717, 1.165) is 5.92 Å². The highest BCUT2D eigenvalue weighted by molar-refractivity contribution is 5.12. The maximum atomic E-state index is 3.70. The monoisotopic (exact) mass is 224 g/mol. The molecule has 0 spiro atoms. The van der Waals surface area contributed by atoms with Gasteiger partial charge in [-0.25, -0.2) is 0 Å². The van der Waals surface area contributed by atoms with Crippen molar-refractivity contribution in [1.29, 1.82) is 0 Å². The normalized spacial score (nSPS) is 36.6. The molecule has 16 heavy (non-hydrogen) atoms. The first-order chi connectivity index (χ1) is 7.30. The lowest BCUT2D eigenvalue weighted by molar-refractivity contribution is 0.332. The Bertz CT molecular complexity index is 248. The van der Waals surface area contributed by atoms with Crippen LogP contribution in [0.4, 0.5) is 0 Å². The lowest BCUT2D eigenvalue weighted by Crippen LogP contribution is -2.35. The van der Waals surface area contributed by atoms with E-state index in [0.29, 0.717) is 16.2 Å². The number of rotatable bonds is 4. The first kappa shape index (κ1) is 12.4. The Hall–Kier alpha value is -0.0800. The van der Waals surface area contributed by atoms with Crippen molar-refractivity contribution in [3.63, 3.8) is 0 Å². The molecule has 2 N–H and O–H groups in total. The van der Waals surface area contributed by atoms with Gasteiger partial charge in [0.05, 0.1) is 0 Å². The minimum Gasteiger partial charge on any atom is -0.316 e. The number of hydrogen-bond donors (Lipinski definition) is 2. The largest absolute Gasteiger partial charge is 0.316 e. The van der Waals surface area contributed by atoms with Gasteiger partial charge in [-0.05, 0) is 41.7 Å². The minimum atomic E-state index is 0.489. The van der Waals surface area contributed by atoms with Gasteiger partial charge in [-0.3, -0.25) is 0 Å². The molecule has 1 saturated carbocycles. The summed E-state index contributed by atoms with van der Waals surface area (Å²) in [6.07, 6.45) is 1.32. The van der Waals surface area contributed by atoms with E-state index in [9.17, 15) is 0 Å². The average molecular weight is 224 g/mol. The topological polar surface area (TPSA) is 24.1 Å². The molecule has 1 saturated heterocycles. The van der Waals surface area contributed by atoms with Gasteiger partial charge in [0.15, 0.2) is 0 Å². The summed E-state index contributed by atoms with van der Waals surface area (Å²) in [4.78, 5) is 0. The molecule has 1 aliphatic carbocycles. The van der Waals surface area contributed by atoms with Crippen LogP contribution in [0.1, 0.15) is 41.0 Å². The summed E-state index contributed by atoms with van der Waals surface area (Å²) in [7, 11) is 0. The highest BCUT2D eigenvalue weighted by Gasteiger charge is 2.63. The van der Waals surface area contributed by atoms with Crippen molar-refractivity contribution in [1.82, 2.24) is 10.6 Å². The molecule has 0 radical (unpaired) electrons. The quantitative estimate of drug-likeness (QED) is 0.765. The van der Waals surface area contributed by atoms with Crippen molar-refractivity contribution in [2.45, 2.75) is 41.0 Å². The third-order valence-corrected chi connectivity index (χ3v) is 5.68. The molecule has 0 bridgehead atoms. The van der Waals surface area contributed by atoms with E-state index in [4.69, 9.17) is 0 Å². The molecule has 2 heteroatoms. The zero-order valence-corrected chi connectivity index (χ0v) is 11.6. The molecule has 2 aliphatic rings. The van der Waals surface area contributed by atoms with Gasteiger partial charge in [0.1, 0.15) is 0 Å². The fraction of sp³-hybridized carbons (Fsp3) is 1.00. The molecule has 0 amide bonds. The summed E-state index contributed by atoms with van der Waals surface area (Å²) in [6, 6.07) is 0. The third kappa shape index (κ3) is 1.91. The van der Waals surface area contributed by atoms with Crippen LogP contribution in [0.3, 0.4) is 0 Å². The molecule has 2 rings (SSSR count). The summed E-state index contributed by atoms with van der Waals surface area (Å²) in [5.41, 5.74) is 1.53. The van der Waals surface area contributed by atoms with Crippen LogP contribution in [-0.2, 0) is 0 Å². The summed E-state index contributed by atoms with van der Waals surface area (Å²) in [5.74, 6) is 0.845. The van der Waals surface area contributed by atoms with Crippen LogP contribution in [0.2, 0.25) is 0 Å².